The maximum atomic E-state index is 5.93. The van der Waals surface area contributed by atoms with Gasteiger partial charge in [0.05, 0.1) is 37.4 Å². The number of methoxy groups -OCH3 is 4. The summed E-state index contributed by atoms with van der Waals surface area (Å²) in [5.74, 6) is 3.16. The molecule has 2 aromatic carbocycles. The molecule has 0 atom stereocenters. The van der Waals surface area contributed by atoms with Gasteiger partial charge in [-0.15, -0.1) is 0 Å². The quantitative estimate of drug-likeness (QED) is 0.0719. The Hall–Kier alpha value is -1.61. The third-order valence-corrected chi connectivity index (χ3v) is 8.70. The SMILES string of the molecule is CCN(CC)CC.COc1cc(N)cc(C)c1OC.COc1cc(Nc2ncc(Br)c(Cl)n2)cc(C)c1OC.Clc1ncc(Br)c(Cl)n1.[Cl][Zn][Cl]. The van der Waals surface area contributed by atoms with Gasteiger partial charge in [0.2, 0.25) is 11.2 Å². The zero-order valence-corrected chi connectivity index (χ0v) is 39.8. The minimum absolute atomic E-state index is 0.156. The number of aromatic nitrogens is 4. The summed E-state index contributed by atoms with van der Waals surface area (Å²) in [6.45, 7) is 14.0. The predicted octanol–water partition coefficient (Wildman–Crippen LogP) is 10.8. The Morgan fingerprint density at radius 2 is 1.18 bits per heavy atom. The number of nitrogens with two attached hydrogens (primary N) is 1. The average molecular weight is 991 g/mol. The molecule has 0 fully saturated rings. The van der Waals surface area contributed by atoms with Crippen LogP contribution in [0.1, 0.15) is 31.9 Å². The van der Waals surface area contributed by atoms with E-state index in [1.54, 1.807) is 40.7 Å². The summed E-state index contributed by atoms with van der Waals surface area (Å²) in [5.41, 5.74) is 9.02. The predicted molar refractivity (Wildman–Crippen MR) is 216 cm³/mol. The van der Waals surface area contributed by atoms with Crippen molar-refractivity contribution in [3.8, 4) is 23.0 Å². The Balaban J connectivity index is 0.000000689. The van der Waals surface area contributed by atoms with Crippen molar-refractivity contribution in [2.24, 2.45) is 0 Å². The van der Waals surface area contributed by atoms with Gasteiger partial charge in [0.1, 0.15) is 10.3 Å². The molecule has 19 heteroatoms. The molecular weight excluding hydrogens is 949 g/mol. The molecular formula is C32H42Br2Cl5N7O4Zn. The second-order valence-electron chi connectivity index (χ2n) is 9.56. The van der Waals surface area contributed by atoms with Gasteiger partial charge in [0, 0.05) is 35.9 Å². The van der Waals surface area contributed by atoms with E-state index in [2.05, 4.69) is 82.8 Å². The molecule has 0 aliphatic carbocycles. The summed E-state index contributed by atoms with van der Waals surface area (Å²) < 4.78 is 22.1. The molecule has 0 radical (unpaired) electrons. The van der Waals surface area contributed by atoms with Gasteiger partial charge in [0.25, 0.3) is 0 Å². The molecule has 0 amide bonds. The number of hydrogen-bond acceptors (Lipinski definition) is 11. The zero-order chi connectivity index (χ0) is 39.1. The molecule has 2 aromatic heterocycles. The maximum absolute atomic E-state index is 5.93. The van der Waals surface area contributed by atoms with Crippen molar-refractivity contribution >= 4 is 103 Å². The van der Waals surface area contributed by atoms with Gasteiger partial charge < -0.3 is 34.9 Å². The van der Waals surface area contributed by atoms with Crippen molar-refractivity contribution in [3.05, 3.63) is 72.3 Å². The van der Waals surface area contributed by atoms with Crippen LogP contribution in [0.2, 0.25) is 15.6 Å². The number of nitrogen functional groups attached to an aromatic ring is 1. The van der Waals surface area contributed by atoms with E-state index in [1.165, 1.54) is 25.8 Å². The second kappa shape index (κ2) is 27.9. The zero-order valence-electron chi connectivity index (χ0n) is 29.9. The summed E-state index contributed by atoms with van der Waals surface area (Å²) in [4.78, 5) is 17.9. The van der Waals surface area contributed by atoms with Crippen LogP contribution in [0.5, 0.6) is 23.0 Å². The van der Waals surface area contributed by atoms with Crippen molar-refractivity contribution in [1.29, 1.82) is 0 Å². The fourth-order valence-corrected chi connectivity index (χ4v) is 4.76. The van der Waals surface area contributed by atoms with Crippen molar-refractivity contribution < 1.29 is 34.1 Å². The van der Waals surface area contributed by atoms with E-state index in [-0.39, 0.29) is 5.28 Å². The van der Waals surface area contributed by atoms with E-state index >= 15 is 0 Å². The molecule has 51 heavy (non-hydrogen) atoms. The third kappa shape index (κ3) is 18.8. The molecule has 0 bridgehead atoms. The molecule has 0 spiro atoms. The minimum atomic E-state index is -0.931. The molecule has 4 aromatic rings. The number of aryl methyl sites for hydroxylation is 2. The summed E-state index contributed by atoms with van der Waals surface area (Å²) in [6, 6.07) is 7.32. The van der Waals surface area contributed by atoms with Crippen LogP contribution in [0.15, 0.2) is 45.6 Å². The Bertz CT molecular complexity index is 1610. The summed E-state index contributed by atoms with van der Waals surface area (Å²) in [5, 5.41) is 3.91. The second-order valence-corrected chi connectivity index (χ2v) is 16.9. The van der Waals surface area contributed by atoms with E-state index in [0.29, 0.717) is 48.1 Å². The molecule has 3 N–H and O–H groups in total. The van der Waals surface area contributed by atoms with E-state index in [0.717, 1.165) is 22.6 Å². The third-order valence-electron chi connectivity index (χ3n) is 6.32. The molecule has 280 valence electrons. The van der Waals surface area contributed by atoms with Gasteiger partial charge in [-0.25, -0.2) is 15.0 Å². The van der Waals surface area contributed by atoms with Crippen molar-refractivity contribution in [2.45, 2.75) is 34.6 Å². The standard InChI is InChI=1S/C13H13BrClN3O2.C9H13NO2.C6H15N.C4HBrCl2N2.2ClH.Zn/c1-7-4-8(5-10(19-2)11(7)20-3)17-13-16-6-9(14)12(15)18-13;1-6-4-7(10)5-8(11-2)9(6)12-3;1-4-7(5-2)6-3;5-2-1-8-4(7)9-3(2)6;;;/h4-6H,1-3H3,(H,16,17,18);4-5H,10H2,1-3H3;4-6H2,1-3H3;1H;2*1H;/q;;;;;;+2/p-2. The van der Waals surface area contributed by atoms with Gasteiger partial charge in [-0.3, -0.25) is 0 Å². The van der Waals surface area contributed by atoms with Crippen LogP contribution >= 0.6 is 86.0 Å². The molecule has 0 aliphatic rings. The molecule has 0 saturated carbocycles. The number of rotatable bonds is 9. The van der Waals surface area contributed by atoms with E-state index in [4.69, 9.17) is 78.9 Å². The van der Waals surface area contributed by atoms with E-state index in [9.17, 15) is 0 Å². The van der Waals surface area contributed by atoms with Crippen LogP contribution in [-0.4, -0.2) is 72.9 Å². The average Bonchev–Trinajstić information content (AvgIpc) is 3.09. The number of halogens is 7. The summed E-state index contributed by atoms with van der Waals surface area (Å²) in [6.07, 6.45) is 3.09. The number of nitrogens with one attached hydrogen (secondary N) is 1. The number of ether oxygens (including phenoxy) is 4. The Morgan fingerprint density at radius 1 is 0.725 bits per heavy atom. The molecule has 2 heterocycles. The summed E-state index contributed by atoms with van der Waals surface area (Å²) >= 11 is 22.3. The molecule has 0 saturated heterocycles. The van der Waals surface area contributed by atoms with Crippen LogP contribution in [0.25, 0.3) is 0 Å². The van der Waals surface area contributed by atoms with Crippen molar-refractivity contribution in [2.75, 3.05) is 59.1 Å². The number of anilines is 3. The van der Waals surface area contributed by atoms with Gasteiger partial charge in [0.15, 0.2) is 23.0 Å². The van der Waals surface area contributed by atoms with E-state index in [1.807, 2.05) is 32.0 Å². The summed E-state index contributed by atoms with van der Waals surface area (Å²) in [7, 11) is 16.3. The first-order chi connectivity index (χ1) is 24.2. The Kier molecular flexibility index (Phi) is 27.0. The monoisotopic (exact) mass is 985 g/mol. The van der Waals surface area contributed by atoms with E-state index < -0.39 is 15.1 Å². The normalized spacial score (nSPS) is 9.59. The molecule has 0 aliphatic heterocycles. The van der Waals surface area contributed by atoms with Crippen molar-refractivity contribution in [3.63, 3.8) is 0 Å². The number of benzene rings is 2. The van der Waals surface area contributed by atoms with Crippen LogP contribution in [0.4, 0.5) is 17.3 Å². The van der Waals surface area contributed by atoms with Gasteiger partial charge in [-0.1, -0.05) is 44.0 Å². The molecule has 0 unspecified atom stereocenters. The number of nitrogens with zero attached hydrogens (tertiary/aromatic N) is 5. The first kappa shape index (κ1) is 49.4. The van der Waals surface area contributed by atoms with Crippen molar-refractivity contribution in [1.82, 2.24) is 24.8 Å². The Labute approximate surface area is 348 Å². The number of hydrogen-bond donors (Lipinski definition) is 2. The topological polar surface area (TPSA) is 130 Å². The van der Waals surface area contributed by atoms with Gasteiger partial charge >= 0.3 is 34.5 Å². The van der Waals surface area contributed by atoms with Crippen LogP contribution < -0.4 is 30.0 Å². The van der Waals surface area contributed by atoms with Gasteiger partial charge in [-0.05, 0) is 100 Å². The Morgan fingerprint density at radius 3 is 1.57 bits per heavy atom. The first-order valence-corrected chi connectivity index (χ1v) is 25.6. The fraction of sp³-hybridized carbons (Fsp3) is 0.375. The van der Waals surface area contributed by atoms with Gasteiger partial charge in [-0.2, -0.15) is 4.98 Å². The first-order valence-electron chi connectivity index (χ1n) is 15.0. The fourth-order valence-electron chi connectivity index (χ4n) is 3.94. The van der Waals surface area contributed by atoms with Crippen LogP contribution in [-0.2, 0) is 15.1 Å². The van der Waals surface area contributed by atoms with Crippen LogP contribution in [0.3, 0.4) is 0 Å². The molecule has 4 rings (SSSR count). The van der Waals surface area contributed by atoms with Crippen LogP contribution in [0, 0.1) is 13.8 Å². The molecule has 11 nitrogen and oxygen atoms in total.